The number of amides is 4. The highest BCUT2D eigenvalue weighted by molar-refractivity contribution is 6.04. The number of nitrogens with one attached hydrogen (secondary N) is 2. The van der Waals surface area contributed by atoms with Gasteiger partial charge in [0.25, 0.3) is 5.91 Å². The van der Waals surface area contributed by atoms with Crippen molar-refractivity contribution < 1.29 is 19.2 Å². The first-order valence-electron chi connectivity index (χ1n) is 12.8. The normalized spacial score (nSPS) is 18.2. The standard InChI is InChI=1S/C28H34N4O4/c1-2-3-15-29-27(35)23-11-7-8-12-24(23)30-26(34)20-13-16-31(17-14-20)28(36)21-18-25(33)32(19-21)22-9-5-4-6-10-22/h4-12,20-21H,2-3,13-19H2,1H3,(H,29,35)(H,30,34). The Morgan fingerprint density at radius 3 is 2.36 bits per heavy atom. The molecule has 2 aliphatic rings. The fourth-order valence-electron chi connectivity index (χ4n) is 4.85. The molecule has 8 heteroatoms. The SMILES string of the molecule is CCCCNC(=O)c1ccccc1NC(=O)C1CCN(C(=O)C2CC(=O)N(c3ccccc3)C2)CC1. The monoisotopic (exact) mass is 490 g/mol. The second-order valence-electron chi connectivity index (χ2n) is 9.48. The van der Waals surface area contributed by atoms with Gasteiger partial charge in [0.2, 0.25) is 17.7 Å². The molecule has 0 aromatic heterocycles. The third-order valence-corrected chi connectivity index (χ3v) is 6.97. The molecule has 36 heavy (non-hydrogen) atoms. The molecule has 0 saturated carbocycles. The van der Waals surface area contributed by atoms with Crippen LogP contribution in [0.25, 0.3) is 0 Å². The van der Waals surface area contributed by atoms with Crippen molar-refractivity contribution in [1.82, 2.24) is 10.2 Å². The van der Waals surface area contributed by atoms with Crippen molar-refractivity contribution in [3.63, 3.8) is 0 Å². The van der Waals surface area contributed by atoms with Crippen LogP contribution in [0.3, 0.4) is 0 Å². The van der Waals surface area contributed by atoms with Crippen molar-refractivity contribution in [1.29, 1.82) is 0 Å². The van der Waals surface area contributed by atoms with Gasteiger partial charge >= 0.3 is 0 Å². The fraction of sp³-hybridized carbons (Fsp3) is 0.429. The van der Waals surface area contributed by atoms with Crippen LogP contribution in [0.2, 0.25) is 0 Å². The van der Waals surface area contributed by atoms with E-state index in [0.29, 0.717) is 50.3 Å². The van der Waals surface area contributed by atoms with Gasteiger partial charge in [0, 0.05) is 44.2 Å². The van der Waals surface area contributed by atoms with Gasteiger partial charge in [-0.1, -0.05) is 43.7 Å². The highest BCUT2D eigenvalue weighted by atomic mass is 16.2. The third-order valence-electron chi connectivity index (χ3n) is 6.97. The quantitative estimate of drug-likeness (QED) is 0.554. The number of rotatable bonds is 8. The first-order valence-corrected chi connectivity index (χ1v) is 12.8. The predicted octanol–water partition coefficient (Wildman–Crippen LogP) is 3.45. The molecule has 0 radical (unpaired) electrons. The van der Waals surface area contributed by atoms with Crippen LogP contribution in [0.1, 0.15) is 49.4 Å². The van der Waals surface area contributed by atoms with Gasteiger partial charge in [-0.25, -0.2) is 0 Å². The van der Waals surface area contributed by atoms with Crippen LogP contribution in [0.5, 0.6) is 0 Å². The molecule has 2 saturated heterocycles. The fourth-order valence-corrected chi connectivity index (χ4v) is 4.85. The summed E-state index contributed by atoms with van der Waals surface area (Å²) in [5.74, 6) is -0.990. The summed E-state index contributed by atoms with van der Waals surface area (Å²) in [6.07, 6.45) is 3.20. The summed E-state index contributed by atoms with van der Waals surface area (Å²) in [5, 5.41) is 5.82. The van der Waals surface area contributed by atoms with Crippen LogP contribution in [-0.2, 0) is 14.4 Å². The number of unbranched alkanes of at least 4 members (excludes halogenated alkanes) is 1. The summed E-state index contributed by atoms with van der Waals surface area (Å²) in [6, 6.07) is 16.4. The van der Waals surface area contributed by atoms with Crippen molar-refractivity contribution in [3.8, 4) is 0 Å². The van der Waals surface area contributed by atoms with E-state index in [1.54, 1.807) is 34.1 Å². The van der Waals surface area contributed by atoms with Crippen molar-refractivity contribution in [2.45, 2.75) is 39.0 Å². The average Bonchev–Trinajstić information content (AvgIpc) is 3.30. The Bertz CT molecular complexity index is 1100. The maximum absolute atomic E-state index is 13.1. The predicted molar refractivity (Wildman–Crippen MR) is 139 cm³/mol. The molecule has 4 rings (SSSR count). The van der Waals surface area contributed by atoms with Gasteiger partial charge in [0.15, 0.2) is 0 Å². The largest absolute Gasteiger partial charge is 0.352 e. The zero-order valence-electron chi connectivity index (χ0n) is 20.7. The summed E-state index contributed by atoms with van der Waals surface area (Å²) in [7, 11) is 0. The Hall–Kier alpha value is -3.68. The second-order valence-corrected chi connectivity index (χ2v) is 9.48. The molecule has 0 bridgehead atoms. The molecule has 4 amide bonds. The van der Waals surface area contributed by atoms with E-state index in [-0.39, 0.29) is 41.9 Å². The number of likely N-dealkylation sites (tertiary alicyclic amines) is 1. The molecule has 2 N–H and O–H groups in total. The molecule has 1 atom stereocenters. The van der Waals surface area contributed by atoms with Crippen LogP contribution in [-0.4, -0.2) is 54.7 Å². The van der Waals surface area contributed by atoms with Crippen LogP contribution < -0.4 is 15.5 Å². The number of benzene rings is 2. The lowest BCUT2D eigenvalue weighted by molar-refractivity contribution is -0.138. The van der Waals surface area contributed by atoms with E-state index in [1.165, 1.54) is 0 Å². The number of piperidine rings is 1. The van der Waals surface area contributed by atoms with Gasteiger partial charge in [-0.05, 0) is 43.5 Å². The highest BCUT2D eigenvalue weighted by Gasteiger charge is 2.38. The first kappa shape index (κ1) is 25.4. The van der Waals surface area contributed by atoms with Crippen molar-refractivity contribution in [2.75, 3.05) is 36.4 Å². The number of anilines is 2. The second kappa shape index (κ2) is 11.8. The van der Waals surface area contributed by atoms with Crippen molar-refractivity contribution >= 4 is 35.0 Å². The van der Waals surface area contributed by atoms with Gasteiger partial charge in [-0.2, -0.15) is 0 Å². The van der Waals surface area contributed by atoms with Gasteiger partial charge < -0.3 is 20.4 Å². The Labute approximate surface area is 212 Å². The Morgan fingerprint density at radius 1 is 0.944 bits per heavy atom. The summed E-state index contributed by atoms with van der Waals surface area (Å²) in [4.78, 5) is 54.6. The topological polar surface area (TPSA) is 98.8 Å². The Balaban J connectivity index is 1.30. The average molecular weight is 491 g/mol. The molecule has 0 aliphatic carbocycles. The van der Waals surface area contributed by atoms with E-state index >= 15 is 0 Å². The van der Waals surface area contributed by atoms with Crippen molar-refractivity contribution in [3.05, 3.63) is 60.2 Å². The van der Waals surface area contributed by atoms with E-state index < -0.39 is 0 Å². The van der Waals surface area contributed by atoms with E-state index in [1.807, 2.05) is 30.3 Å². The van der Waals surface area contributed by atoms with Gasteiger partial charge in [-0.3, -0.25) is 19.2 Å². The van der Waals surface area contributed by atoms with Crippen LogP contribution in [0.4, 0.5) is 11.4 Å². The Morgan fingerprint density at radius 2 is 1.64 bits per heavy atom. The summed E-state index contributed by atoms with van der Waals surface area (Å²) >= 11 is 0. The van der Waals surface area contributed by atoms with E-state index in [2.05, 4.69) is 17.6 Å². The minimum absolute atomic E-state index is 0.0188. The molecule has 2 aromatic rings. The number of hydrogen-bond acceptors (Lipinski definition) is 4. The van der Waals surface area contributed by atoms with Gasteiger partial charge in [0.05, 0.1) is 17.2 Å². The lowest BCUT2D eigenvalue weighted by Gasteiger charge is -2.33. The summed E-state index contributed by atoms with van der Waals surface area (Å²) in [5.41, 5.74) is 1.76. The van der Waals surface area contributed by atoms with E-state index in [0.717, 1.165) is 18.5 Å². The lowest BCUT2D eigenvalue weighted by atomic mass is 9.94. The number of hydrogen-bond donors (Lipinski definition) is 2. The zero-order valence-corrected chi connectivity index (χ0v) is 20.7. The molecule has 2 heterocycles. The number of carbonyl (C=O) groups excluding carboxylic acids is 4. The highest BCUT2D eigenvalue weighted by Crippen LogP contribution is 2.28. The minimum atomic E-state index is -0.360. The number of carbonyl (C=O) groups is 4. The molecule has 0 spiro atoms. The molecular weight excluding hydrogens is 456 g/mol. The van der Waals surface area contributed by atoms with Crippen LogP contribution in [0.15, 0.2) is 54.6 Å². The van der Waals surface area contributed by atoms with Crippen LogP contribution in [0, 0.1) is 11.8 Å². The lowest BCUT2D eigenvalue weighted by Crippen LogP contribution is -2.44. The number of para-hydroxylation sites is 2. The summed E-state index contributed by atoms with van der Waals surface area (Å²) < 4.78 is 0. The molecule has 2 aliphatic heterocycles. The third kappa shape index (κ3) is 5.93. The smallest absolute Gasteiger partial charge is 0.253 e. The first-order chi connectivity index (χ1) is 17.5. The molecular formula is C28H34N4O4. The van der Waals surface area contributed by atoms with E-state index in [9.17, 15) is 19.2 Å². The van der Waals surface area contributed by atoms with E-state index in [4.69, 9.17) is 0 Å². The number of nitrogens with zero attached hydrogens (tertiary/aromatic N) is 2. The maximum atomic E-state index is 13.1. The molecule has 1 unspecified atom stereocenters. The van der Waals surface area contributed by atoms with Gasteiger partial charge in [0.1, 0.15) is 0 Å². The molecule has 2 aromatic carbocycles. The zero-order chi connectivity index (χ0) is 25.5. The molecule has 2 fully saturated rings. The summed E-state index contributed by atoms with van der Waals surface area (Å²) in [6.45, 7) is 4.00. The Kier molecular flexibility index (Phi) is 8.36. The molecule has 8 nitrogen and oxygen atoms in total. The maximum Gasteiger partial charge on any atom is 0.253 e. The van der Waals surface area contributed by atoms with Crippen molar-refractivity contribution in [2.24, 2.45) is 11.8 Å². The molecule has 190 valence electrons. The van der Waals surface area contributed by atoms with Crippen LogP contribution >= 0.6 is 0 Å². The van der Waals surface area contributed by atoms with Gasteiger partial charge in [-0.15, -0.1) is 0 Å². The minimum Gasteiger partial charge on any atom is -0.352 e.